The fraction of sp³-hybridized carbons (Fsp3) is 0.667. The lowest BCUT2D eigenvalue weighted by atomic mass is 9.79. The molecule has 7 heteroatoms. The molecule has 0 radical (unpaired) electrons. The van der Waals surface area contributed by atoms with Crippen molar-refractivity contribution < 1.29 is 18.8 Å². The van der Waals surface area contributed by atoms with E-state index in [0.717, 1.165) is 24.1 Å². The van der Waals surface area contributed by atoms with Gasteiger partial charge in [-0.2, -0.15) is 0 Å². The van der Waals surface area contributed by atoms with Gasteiger partial charge in [-0.3, -0.25) is 0 Å². The van der Waals surface area contributed by atoms with Gasteiger partial charge in [0, 0.05) is 6.04 Å². The minimum atomic E-state index is -0.371. The first-order valence-corrected chi connectivity index (χ1v) is 10.4. The molecule has 2 fully saturated rings. The SMILES string of the molecule is CC1(C)OB(c2ccc(OCCNC(=O)NC3CCCCC3)cc2)OC1(C)C. The van der Waals surface area contributed by atoms with Gasteiger partial charge < -0.3 is 24.7 Å². The monoisotopic (exact) mass is 388 g/mol. The Morgan fingerprint density at radius 3 is 2.29 bits per heavy atom. The third-order valence-corrected chi connectivity index (χ3v) is 6.00. The Morgan fingerprint density at radius 2 is 1.68 bits per heavy atom. The zero-order valence-corrected chi connectivity index (χ0v) is 17.5. The summed E-state index contributed by atoms with van der Waals surface area (Å²) in [6, 6.07) is 7.94. The first-order chi connectivity index (χ1) is 13.3. The molecule has 1 aliphatic heterocycles. The summed E-state index contributed by atoms with van der Waals surface area (Å²) in [5, 5.41) is 5.90. The average molecular weight is 388 g/mol. The maximum Gasteiger partial charge on any atom is 0.494 e. The first-order valence-electron chi connectivity index (χ1n) is 10.4. The highest BCUT2D eigenvalue weighted by Crippen LogP contribution is 2.36. The lowest BCUT2D eigenvalue weighted by Crippen LogP contribution is -2.44. The van der Waals surface area contributed by atoms with Crippen molar-refractivity contribution in [2.45, 2.75) is 77.0 Å². The Balaban J connectivity index is 1.38. The number of ether oxygens (including phenoxy) is 1. The molecule has 1 saturated heterocycles. The Kier molecular flexibility index (Phi) is 6.56. The van der Waals surface area contributed by atoms with Crippen molar-refractivity contribution in [1.82, 2.24) is 10.6 Å². The van der Waals surface area contributed by atoms with Crippen LogP contribution in [0.5, 0.6) is 5.75 Å². The highest BCUT2D eigenvalue weighted by Gasteiger charge is 2.51. The van der Waals surface area contributed by atoms with Crippen LogP contribution >= 0.6 is 0 Å². The van der Waals surface area contributed by atoms with Gasteiger partial charge in [0.1, 0.15) is 12.4 Å². The van der Waals surface area contributed by atoms with E-state index < -0.39 is 0 Å². The predicted octanol–water partition coefficient (Wildman–Crippen LogP) is 3.00. The highest BCUT2D eigenvalue weighted by atomic mass is 16.7. The van der Waals surface area contributed by atoms with Crippen LogP contribution in [0.3, 0.4) is 0 Å². The van der Waals surface area contributed by atoms with Crippen LogP contribution in [0, 0.1) is 0 Å². The van der Waals surface area contributed by atoms with Gasteiger partial charge in [-0.1, -0.05) is 31.4 Å². The topological polar surface area (TPSA) is 68.8 Å². The number of hydrogen-bond acceptors (Lipinski definition) is 4. The van der Waals surface area contributed by atoms with Crippen molar-refractivity contribution in [2.24, 2.45) is 0 Å². The van der Waals surface area contributed by atoms with Gasteiger partial charge >= 0.3 is 13.1 Å². The van der Waals surface area contributed by atoms with E-state index in [-0.39, 0.29) is 24.4 Å². The van der Waals surface area contributed by atoms with E-state index in [0.29, 0.717) is 19.2 Å². The highest BCUT2D eigenvalue weighted by molar-refractivity contribution is 6.62. The number of carbonyl (C=O) groups excluding carboxylic acids is 1. The van der Waals surface area contributed by atoms with Crippen LogP contribution in [0.4, 0.5) is 4.79 Å². The first kappa shape index (κ1) is 21.0. The van der Waals surface area contributed by atoms with Gasteiger partial charge in [0.2, 0.25) is 0 Å². The Bertz CT molecular complexity index is 641. The molecule has 6 nitrogen and oxygen atoms in total. The van der Waals surface area contributed by atoms with Crippen LogP contribution in [0.15, 0.2) is 24.3 Å². The molecule has 1 aromatic carbocycles. The fourth-order valence-electron chi connectivity index (χ4n) is 3.52. The molecule has 28 heavy (non-hydrogen) atoms. The van der Waals surface area contributed by atoms with Crippen LogP contribution in [0.25, 0.3) is 0 Å². The van der Waals surface area contributed by atoms with Gasteiger partial charge in [0.05, 0.1) is 17.7 Å². The number of nitrogens with one attached hydrogen (secondary N) is 2. The van der Waals surface area contributed by atoms with E-state index in [4.69, 9.17) is 14.0 Å². The lowest BCUT2D eigenvalue weighted by Gasteiger charge is -2.32. The van der Waals surface area contributed by atoms with Gasteiger partial charge in [-0.15, -0.1) is 0 Å². The molecule has 0 spiro atoms. The van der Waals surface area contributed by atoms with E-state index in [1.54, 1.807) is 0 Å². The summed E-state index contributed by atoms with van der Waals surface area (Å²) < 4.78 is 17.8. The number of rotatable bonds is 6. The Hall–Kier alpha value is -1.73. The summed E-state index contributed by atoms with van der Waals surface area (Å²) in [7, 11) is -0.371. The molecule has 154 valence electrons. The normalized spacial score (nSPS) is 21.4. The van der Waals surface area contributed by atoms with Gasteiger partial charge in [0.25, 0.3) is 0 Å². The number of carbonyl (C=O) groups is 1. The summed E-state index contributed by atoms with van der Waals surface area (Å²) >= 11 is 0. The van der Waals surface area contributed by atoms with Gasteiger partial charge in [0.15, 0.2) is 0 Å². The minimum Gasteiger partial charge on any atom is -0.492 e. The third kappa shape index (κ3) is 5.20. The number of benzene rings is 1. The van der Waals surface area contributed by atoms with Crippen molar-refractivity contribution >= 4 is 18.6 Å². The molecule has 1 heterocycles. The number of amides is 2. The van der Waals surface area contributed by atoms with E-state index in [2.05, 4.69) is 10.6 Å². The maximum absolute atomic E-state index is 11.9. The fourth-order valence-corrected chi connectivity index (χ4v) is 3.52. The van der Waals surface area contributed by atoms with E-state index in [9.17, 15) is 4.79 Å². The smallest absolute Gasteiger partial charge is 0.492 e. The minimum absolute atomic E-state index is 0.105. The van der Waals surface area contributed by atoms with Crippen molar-refractivity contribution in [3.8, 4) is 5.75 Å². The summed E-state index contributed by atoms with van der Waals surface area (Å²) in [6.45, 7) is 9.07. The molecule has 3 rings (SSSR count). The summed E-state index contributed by atoms with van der Waals surface area (Å²) in [5.41, 5.74) is 0.268. The largest absolute Gasteiger partial charge is 0.494 e. The van der Waals surface area contributed by atoms with Crippen LogP contribution in [0.2, 0.25) is 0 Å². The van der Waals surface area contributed by atoms with E-state index in [1.807, 2.05) is 52.0 Å². The van der Waals surface area contributed by atoms with Crippen LogP contribution < -0.4 is 20.8 Å². The van der Waals surface area contributed by atoms with Crippen molar-refractivity contribution in [2.75, 3.05) is 13.2 Å². The van der Waals surface area contributed by atoms with Crippen molar-refractivity contribution in [1.29, 1.82) is 0 Å². The maximum atomic E-state index is 11.9. The quantitative estimate of drug-likeness (QED) is 0.581. The number of urea groups is 1. The van der Waals surface area contributed by atoms with E-state index in [1.165, 1.54) is 19.3 Å². The lowest BCUT2D eigenvalue weighted by molar-refractivity contribution is 0.00578. The van der Waals surface area contributed by atoms with Crippen molar-refractivity contribution in [3.05, 3.63) is 24.3 Å². The van der Waals surface area contributed by atoms with Crippen LogP contribution in [0.1, 0.15) is 59.8 Å². The molecule has 2 aliphatic rings. The van der Waals surface area contributed by atoms with Gasteiger partial charge in [-0.05, 0) is 58.1 Å². The zero-order chi connectivity index (χ0) is 20.2. The molecule has 1 aliphatic carbocycles. The summed E-state index contributed by atoms with van der Waals surface area (Å²) in [6.07, 6.45) is 5.85. The molecule has 0 bridgehead atoms. The second-order valence-electron chi connectivity index (χ2n) is 8.74. The van der Waals surface area contributed by atoms with Crippen LogP contribution in [-0.2, 0) is 9.31 Å². The molecule has 2 N–H and O–H groups in total. The van der Waals surface area contributed by atoms with E-state index >= 15 is 0 Å². The number of hydrogen-bond donors (Lipinski definition) is 2. The predicted molar refractivity (Wildman–Crippen MR) is 111 cm³/mol. The molecule has 0 atom stereocenters. The second-order valence-corrected chi connectivity index (χ2v) is 8.74. The zero-order valence-electron chi connectivity index (χ0n) is 17.5. The molecular weight excluding hydrogens is 355 g/mol. The average Bonchev–Trinajstić information content (AvgIpc) is 2.87. The standard InChI is InChI=1S/C21H33BN2O4/c1-20(2)21(3,4)28-22(27-20)16-10-12-18(13-11-16)26-15-14-23-19(25)24-17-8-6-5-7-9-17/h10-13,17H,5-9,14-15H2,1-4H3,(H2,23,24,25). The molecule has 0 unspecified atom stereocenters. The molecule has 2 amide bonds. The molecule has 1 aromatic rings. The Labute approximate surface area is 168 Å². The van der Waals surface area contributed by atoms with Gasteiger partial charge in [-0.25, -0.2) is 4.79 Å². The second kappa shape index (κ2) is 8.74. The molecule has 0 aromatic heterocycles. The summed E-state index contributed by atoms with van der Waals surface area (Å²) in [5.74, 6) is 0.759. The Morgan fingerprint density at radius 1 is 1.07 bits per heavy atom. The molecule has 1 saturated carbocycles. The molecular formula is C21H33BN2O4. The van der Waals surface area contributed by atoms with Crippen LogP contribution in [-0.4, -0.2) is 43.5 Å². The van der Waals surface area contributed by atoms with Crippen molar-refractivity contribution in [3.63, 3.8) is 0 Å². The summed E-state index contributed by atoms with van der Waals surface area (Å²) in [4.78, 5) is 11.9. The third-order valence-electron chi connectivity index (χ3n) is 6.00.